The Morgan fingerprint density at radius 3 is 2.55 bits per heavy atom. The number of rotatable bonds is 2. The summed E-state index contributed by atoms with van der Waals surface area (Å²) in [6.07, 6.45) is 1.88. The second-order valence-electron chi connectivity index (χ2n) is 1.90. The molecular weight excluding hydrogens is 180 g/mol. The number of hydrogen-bond donors (Lipinski definition) is 1. The minimum Gasteiger partial charge on any atom is -0.302 e. The van der Waals surface area contributed by atoms with Crippen LogP contribution in [-0.2, 0) is 11.1 Å². The normalized spacial score (nSPS) is 12.9. The van der Waals surface area contributed by atoms with Crippen LogP contribution >= 0.6 is 11.8 Å². The van der Waals surface area contributed by atoms with E-state index in [1.807, 2.05) is 18.4 Å². The molecule has 0 bridgehead atoms. The summed E-state index contributed by atoms with van der Waals surface area (Å²) >= 11 is -0.391. The molecule has 0 saturated carbocycles. The molecule has 1 aromatic rings. The van der Waals surface area contributed by atoms with Crippen molar-refractivity contribution in [1.82, 2.24) is 0 Å². The molecule has 0 aromatic heterocycles. The predicted octanol–water partition coefficient (Wildman–Crippen LogP) is 1.99. The fraction of sp³-hybridized carbons (Fsp3) is 0.143. The van der Waals surface area contributed by atoms with E-state index in [1.165, 1.54) is 11.8 Å². The van der Waals surface area contributed by atoms with Crippen LogP contribution < -0.4 is 0 Å². The molecule has 2 nitrogen and oxygen atoms in total. The molecule has 0 spiro atoms. The summed E-state index contributed by atoms with van der Waals surface area (Å²) in [5, 5.41) is 0. The molecule has 0 radical (unpaired) electrons. The van der Waals surface area contributed by atoms with Crippen molar-refractivity contribution in [3.63, 3.8) is 0 Å². The quantitative estimate of drug-likeness (QED) is 0.569. The zero-order valence-electron chi connectivity index (χ0n) is 5.98. The fourth-order valence-corrected chi connectivity index (χ4v) is 2.15. The molecule has 1 atom stereocenters. The number of hydrogen-bond acceptors (Lipinski definition) is 2. The third-order valence-corrected chi connectivity index (χ3v) is 2.91. The highest BCUT2D eigenvalue weighted by Gasteiger charge is 2.04. The highest BCUT2D eigenvalue weighted by atomic mass is 32.2. The van der Waals surface area contributed by atoms with E-state index in [-0.39, 0.29) is 0 Å². The van der Waals surface area contributed by atoms with E-state index < -0.39 is 11.1 Å². The SMILES string of the molecule is CSc1ccccc1S(=O)O. The average Bonchev–Trinajstić information content (AvgIpc) is 2.04. The van der Waals surface area contributed by atoms with Crippen LogP contribution in [0.25, 0.3) is 0 Å². The van der Waals surface area contributed by atoms with Crippen LogP contribution in [0, 0.1) is 0 Å². The van der Waals surface area contributed by atoms with Gasteiger partial charge in [0.15, 0.2) is 11.1 Å². The van der Waals surface area contributed by atoms with Gasteiger partial charge in [0.2, 0.25) is 0 Å². The van der Waals surface area contributed by atoms with E-state index in [4.69, 9.17) is 4.55 Å². The van der Waals surface area contributed by atoms with Gasteiger partial charge in [-0.1, -0.05) is 12.1 Å². The second kappa shape index (κ2) is 3.90. The highest BCUT2D eigenvalue weighted by Crippen LogP contribution is 2.21. The summed E-state index contributed by atoms with van der Waals surface area (Å²) in [5.41, 5.74) is 0. The van der Waals surface area contributed by atoms with Gasteiger partial charge in [-0.25, -0.2) is 4.21 Å². The Hall–Kier alpha value is -0.320. The van der Waals surface area contributed by atoms with Gasteiger partial charge in [0.25, 0.3) is 0 Å². The van der Waals surface area contributed by atoms with Crippen LogP contribution in [0.2, 0.25) is 0 Å². The van der Waals surface area contributed by atoms with E-state index in [0.29, 0.717) is 4.90 Å². The van der Waals surface area contributed by atoms with Gasteiger partial charge in [0.1, 0.15) is 0 Å². The Morgan fingerprint density at radius 2 is 2.09 bits per heavy atom. The smallest absolute Gasteiger partial charge is 0.187 e. The van der Waals surface area contributed by atoms with Crippen LogP contribution in [0.15, 0.2) is 34.1 Å². The summed E-state index contributed by atoms with van der Waals surface area (Å²) in [5.74, 6) is 0. The van der Waals surface area contributed by atoms with Crippen molar-refractivity contribution in [1.29, 1.82) is 0 Å². The van der Waals surface area contributed by atoms with Gasteiger partial charge < -0.3 is 4.55 Å². The summed E-state index contributed by atoms with van der Waals surface area (Å²) < 4.78 is 19.5. The fourth-order valence-electron chi connectivity index (χ4n) is 0.763. The first-order valence-electron chi connectivity index (χ1n) is 2.99. The van der Waals surface area contributed by atoms with E-state index in [2.05, 4.69) is 0 Å². The van der Waals surface area contributed by atoms with Crippen LogP contribution in [0.3, 0.4) is 0 Å². The van der Waals surface area contributed by atoms with Crippen molar-refractivity contribution < 1.29 is 8.76 Å². The molecule has 0 aliphatic rings. The van der Waals surface area contributed by atoms with Crippen molar-refractivity contribution in [2.45, 2.75) is 9.79 Å². The number of benzene rings is 1. The monoisotopic (exact) mass is 188 g/mol. The molecule has 60 valence electrons. The molecule has 1 unspecified atom stereocenters. The Morgan fingerprint density at radius 1 is 1.45 bits per heavy atom. The third-order valence-electron chi connectivity index (χ3n) is 1.26. The molecular formula is C7H8O2S2. The minimum atomic E-state index is -1.86. The number of thioether (sulfide) groups is 1. The maximum absolute atomic E-state index is 10.7. The lowest BCUT2D eigenvalue weighted by Crippen LogP contribution is -1.89. The highest BCUT2D eigenvalue weighted by molar-refractivity contribution is 7.99. The lowest BCUT2D eigenvalue weighted by Gasteiger charge is -2.00. The van der Waals surface area contributed by atoms with Gasteiger partial charge in [-0.2, -0.15) is 0 Å². The van der Waals surface area contributed by atoms with Crippen molar-refractivity contribution in [2.24, 2.45) is 0 Å². The molecule has 0 aliphatic heterocycles. The molecule has 11 heavy (non-hydrogen) atoms. The van der Waals surface area contributed by atoms with E-state index in [1.54, 1.807) is 12.1 Å². The van der Waals surface area contributed by atoms with Gasteiger partial charge in [-0.3, -0.25) is 0 Å². The topological polar surface area (TPSA) is 37.3 Å². The maximum Gasteiger partial charge on any atom is 0.187 e. The molecule has 0 fully saturated rings. The Bertz CT molecular complexity index is 273. The maximum atomic E-state index is 10.7. The van der Waals surface area contributed by atoms with Crippen molar-refractivity contribution in [3.8, 4) is 0 Å². The summed E-state index contributed by atoms with van der Waals surface area (Å²) in [7, 11) is 0. The van der Waals surface area contributed by atoms with Crippen molar-refractivity contribution >= 4 is 22.8 Å². The molecule has 0 aliphatic carbocycles. The van der Waals surface area contributed by atoms with E-state index in [9.17, 15) is 4.21 Å². The van der Waals surface area contributed by atoms with Gasteiger partial charge in [-0.15, -0.1) is 11.8 Å². The minimum absolute atomic E-state index is 0.486. The zero-order chi connectivity index (χ0) is 8.27. The van der Waals surface area contributed by atoms with Crippen LogP contribution in [0.5, 0.6) is 0 Å². The van der Waals surface area contributed by atoms with Crippen molar-refractivity contribution in [2.75, 3.05) is 6.26 Å². The van der Waals surface area contributed by atoms with Crippen LogP contribution in [0.1, 0.15) is 0 Å². The first-order valence-corrected chi connectivity index (χ1v) is 5.32. The zero-order valence-corrected chi connectivity index (χ0v) is 7.61. The molecule has 0 saturated heterocycles. The lowest BCUT2D eigenvalue weighted by atomic mass is 10.4. The van der Waals surface area contributed by atoms with Gasteiger partial charge in [-0.05, 0) is 18.4 Å². The van der Waals surface area contributed by atoms with Crippen molar-refractivity contribution in [3.05, 3.63) is 24.3 Å². The predicted molar refractivity (Wildman–Crippen MR) is 47.3 cm³/mol. The molecule has 4 heteroatoms. The largest absolute Gasteiger partial charge is 0.302 e. The average molecular weight is 188 g/mol. The summed E-state index contributed by atoms with van der Waals surface area (Å²) in [6, 6.07) is 7.08. The molecule has 1 rings (SSSR count). The third kappa shape index (κ3) is 2.05. The molecule has 1 N–H and O–H groups in total. The van der Waals surface area contributed by atoms with E-state index in [0.717, 1.165) is 4.90 Å². The standard InChI is InChI=1S/C7H8O2S2/c1-10-6-4-2-3-5-7(6)11(8)9/h2-5H,1H3,(H,8,9). The molecule has 0 heterocycles. The summed E-state index contributed by atoms with van der Waals surface area (Å²) in [6.45, 7) is 0. The first kappa shape index (κ1) is 8.77. The first-order chi connectivity index (χ1) is 5.25. The van der Waals surface area contributed by atoms with E-state index >= 15 is 0 Å². The van der Waals surface area contributed by atoms with Gasteiger partial charge in [0, 0.05) is 4.90 Å². The Balaban J connectivity index is 3.12. The molecule has 0 amide bonds. The van der Waals surface area contributed by atoms with Gasteiger partial charge >= 0.3 is 0 Å². The molecule has 1 aromatic carbocycles. The second-order valence-corrected chi connectivity index (χ2v) is 3.69. The Labute approximate surface area is 72.3 Å². The van der Waals surface area contributed by atoms with Gasteiger partial charge in [0.05, 0.1) is 4.90 Å². The lowest BCUT2D eigenvalue weighted by molar-refractivity contribution is 0.562. The Kier molecular flexibility index (Phi) is 3.11. The van der Waals surface area contributed by atoms with Crippen LogP contribution in [0.4, 0.5) is 0 Å². The van der Waals surface area contributed by atoms with Crippen LogP contribution in [-0.4, -0.2) is 15.0 Å². The summed E-state index contributed by atoms with van der Waals surface area (Å²) in [4.78, 5) is 1.34.